The smallest absolute Gasteiger partial charge is 0.267 e. The van der Waals surface area contributed by atoms with Crippen molar-refractivity contribution in [3.05, 3.63) is 45.7 Å². The molecule has 210 valence electrons. The molecule has 2 aromatic rings. The second-order valence-corrected chi connectivity index (χ2v) is 13.2. The van der Waals surface area contributed by atoms with E-state index in [2.05, 4.69) is 15.3 Å². The van der Waals surface area contributed by atoms with Gasteiger partial charge in [-0.15, -0.1) is 0 Å². The molecule has 1 saturated heterocycles. The Morgan fingerprint density at radius 2 is 1.79 bits per heavy atom. The van der Waals surface area contributed by atoms with Gasteiger partial charge in [0, 0.05) is 38.5 Å². The second kappa shape index (κ2) is 9.26. The minimum absolute atomic E-state index is 0.0731. The summed E-state index contributed by atoms with van der Waals surface area (Å²) in [5.74, 6) is -3.61. The maximum Gasteiger partial charge on any atom is 0.267 e. The summed E-state index contributed by atoms with van der Waals surface area (Å²) in [5.41, 5.74) is 2.06. The molecule has 1 amide bonds. The van der Waals surface area contributed by atoms with Crippen LogP contribution in [0.1, 0.15) is 60.5 Å². The van der Waals surface area contributed by atoms with Crippen LogP contribution in [0.4, 0.5) is 26.0 Å². The van der Waals surface area contributed by atoms with Crippen molar-refractivity contribution in [3.8, 4) is 0 Å². The number of rotatable bonds is 7. The summed E-state index contributed by atoms with van der Waals surface area (Å²) in [7, 11) is -3.72. The highest BCUT2D eigenvalue weighted by atomic mass is 32.2. The molecule has 0 unspecified atom stereocenters. The zero-order valence-corrected chi connectivity index (χ0v) is 22.2. The van der Waals surface area contributed by atoms with Gasteiger partial charge in [0.05, 0.1) is 35.3 Å². The first-order valence-electron chi connectivity index (χ1n) is 13.3. The molecule has 4 aliphatic rings. The molecule has 10 nitrogen and oxygen atoms in total. The summed E-state index contributed by atoms with van der Waals surface area (Å²) in [5, 5.41) is 16.1. The fourth-order valence-electron chi connectivity index (χ4n) is 5.99. The van der Waals surface area contributed by atoms with Gasteiger partial charge in [-0.2, -0.15) is 5.10 Å². The second-order valence-electron chi connectivity index (χ2n) is 11.2. The Kier molecular flexibility index (Phi) is 6.21. The standard InChI is InChI=1S/C26H31F2N5O5S/c27-26(28)15-18(16-26)33-23(35)2-1-22(30-33)29-24(36)19-13-17-3-8-32(39(37,38)12-11-34)20(17)14-21(19)31-9-6-25(4-5-25)7-10-31/h1-2,13-14,18,34H,3-12,15-16H2,(H,29,30,36). The van der Waals surface area contributed by atoms with Crippen molar-refractivity contribution in [2.45, 2.75) is 56.9 Å². The summed E-state index contributed by atoms with van der Waals surface area (Å²) in [6, 6.07) is 5.28. The zero-order chi connectivity index (χ0) is 27.6. The molecule has 1 aromatic heterocycles. The first kappa shape index (κ1) is 26.2. The van der Waals surface area contributed by atoms with Gasteiger partial charge in [0.2, 0.25) is 10.0 Å². The molecule has 1 aromatic carbocycles. The van der Waals surface area contributed by atoms with E-state index >= 15 is 0 Å². The van der Waals surface area contributed by atoms with Crippen LogP contribution in [-0.4, -0.2) is 67.1 Å². The molecule has 0 radical (unpaired) electrons. The lowest BCUT2D eigenvalue weighted by molar-refractivity contribution is -0.107. The van der Waals surface area contributed by atoms with E-state index in [1.807, 2.05) is 0 Å². The molecule has 0 bridgehead atoms. The van der Waals surface area contributed by atoms with Crippen molar-refractivity contribution in [1.82, 2.24) is 9.78 Å². The number of alkyl halides is 2. The lowest BCUT2D eigenvalue weighted by Crippen LogP contribution is -2.42. The van der Waals surface area contributed by atoms with Crippen LogP contribution in [0.3, 0.4) is 0 Å². The van der Waals surface area contributed by atoms with Crippen molar-refractivity contribution in [1.29, 1.82) is 0 Å². The molecule has 3 fully saturated rings. The Labute approximate surface area is 224 Å². The first-order chi connectivity index (χ1) is 18.5. The molecule has 2 saturated carbocycles. The average Bonchev–Trinajstić information content (AvgIpc) is 3.48. The molecular weight excluding hydrogens is 532 g/mol. The number of fused-ring (bicyclic) bond motifs is 1. The van der Waals surface area contributed by atoms with Gasteiger partial charge in [-0.05, 0) is 61.3 Å². The highest BCUT2D eigenvalue weighted by Crippen LogP contribution is 2.54. The third kappa shape index (κ3) is 4.90. The van der Waals surface area contributed by atoms with Crippen LogP contribution in [0.2, 0.25) is 0 Å². The summed E-state index contributed by atoms with van der Waals surface area (Å²) in [6.45, 7) is 1.22. The first-order valence-corrected chi connectivity index (χ1v) is 14.9. The number of carbonyl (C=O) groups excluding carboxylic acids is 1. The van der Waals surface area contributed by atoms with E-state index in [-0.39, 0.29) is 18.1 Å². The van der Waals surface area contributed by atoms with Gasteiger partial charge in [-0.3, -0.25) is 13.9 Å². The van der Waals surface area contributed by atoms with Crippen LogP contribution < -0.4 is 20.1 Å². The van der Waals surface area contributed by atoms with Crippen LogP contribution >= 0.6 is 0 Å². The number of benzene rings is 1. The van der Waals surface area contributed by atoms with Crippen molar-refractivity contribution >= 4 is 33.1 Å². The van der Waals surface area contributed by atoms with E-state index < -0.39 is 52.9 Å². The number of nitrogens with zero attached hydrogens (tertiary/aromatic N) is 4. The number of piperidine rings is 1. The van der Waals surface area contributed by atoms with E-state index in [4.69, 9.17) is 0 Å². The number of anilines is 3. The zero-order valence-electron chi connectivity index (χ0n) is 21.4. The molecule has 2 N–H and O–H groups in total. The van der Waals surface area contributed by atoms with Crippen molar-refractivity contribution in [2.75, 3.05) is 46.5 Å². The summed E-state index contributed by atoms with van der Waals surface area (Å²) < 4.78 is 54.7. The van der Waals surface area contributed by atoms with Crippen LogP contribution in [0.5, 0.6) is 0 Å². The van der Waals surface area contributed by atoms with Gasteiger partial charge in [0.1, 0.15) is 0 Å². The van der Waals surface area contributed by atoms with E-state index in [0.717, 1.165) is 30.6 Å². The number of carbonyl (C=O) groups is 1. The summed E-state index contributed by atoms with van der Waals surface area (Å²) in [4.78, 5) is 28.0. The predicted octanol–water partition coefficient (Wildman–Crippen LogP) is 2.53. The van der Waals surface area contributed by atoms with Crippen LogP contribution in [0.15, 0.2) is 29.1 Å². The number of aliphatic hydroxyl groups is 1. The number of hydrogen-bond donors (Lipinski definition) is 2. The maximum atomic E-state index is 13.6. The van der Waals surface area contributed by atoms with Crippen molar-refractivity contribution < 1.29 is 27.1 Å². The number of sulfonamides is 1. The molecule has 0 atom stereocenters. The lowest BCUT2D eigenvalue weighted by Gasteiger charge is -2.35. The number of aliphatic hydroxyl groups excluding tert-OH is 1. The number of aromatic nitrogens is 2. The Bertz CT molecular complexity index is 1470. The van der Waals surface area contributed by atoms with Gasteiger partial charge in [0.25, 0.3) is 17.4 Å². The van der Waals surface area contributed by atoms with Gasteiger partial charge >= 0.3 is 0 Å². The SMILES string of the molecule is O=C(Nc1ccc(=O)n(C2CC(F)(F)C2)n1)c1cc2c(cc1N1CCC3(CC1)CC3)N(S(=O)(=O)CCO)CC2. The Morgan fingerprint density at radius 1 is 1.08 bits per heavy atom. The molecule has 13 heteroatoms. The predicted molar refractivity (Wildman–Crippen MR) is 141 cm³/mol. The molecule has 1 spiro atoms. The quantitative estimate of drug-likeness (QED) is 0.531. The van der Waals surface area contributed by atoms with Gasteiger partial charge < -0.3 is 15.3 Å². The van der Waals surface area contributed by atoms with Crippen LogP contribution in [0.25, 0.3) is 0 Å². The fourth-order valence-corrected chi connectivity index (χ4v) is 7.28. The normalized spacial score (nSPS) is 21.5. The van der Waals surface area contributed by atoms with E-state index in [1.165, 1.54) is 29.3 Å². The van der Waals surface area contributed by atoms with E-state index in [1.54, 1.807) is 12.1 Å². The van der Waals surface area contributed by atoms with Crippen LogP contribution in [0, 0.1) is 5.41 Å². The third-order valence-corrected chi connectivity index (χ3v) is 10.3. The van der Waals surface area contributed by atoms with Crippen LogP contribution in [-0.2, 0) is 16.4 Å². The van der Waals surface area contributed by atoms with Gasteiger partial charge in [-0.1, -0.05) is 0 Å². The van der Waals surface area contributed by atoms with Gasteiger partial charge in [0.15, 0.2) is 5.82 Å². The highest BCUT2D eigenvalue weighted by molar-refractivity contribution is 7.92. The molecule has 2 aliphatic heterocycles. The maximum absolute atomic E-state index is 13.6. The minimum Gasteiger partial charge on any atom is -0.395 e. The lowest BCUT2D eigenvalue weighted by atomic mass is 9.88. The molecule has 6 rings (SSSR count). The van der Waals surface area contributed by atoms with Gasteiger partial charge in [-0.25, -0.2) is 21.9 Å². The van der Waals surface area contributed by atoms with E-state index in [0.29, 0.717) is 34.3 Å². The minimum atomic E-state index is -3.72. The molecular formula is C26H31F2N5O5S. The molecule has 2 aliphatic carbocycles. The van der Waals surface area contributed by atoms with Crippen molar-refractivity contribution in [3.63, 3.8) is 0 Å². The topological polar surface area (TPSA) is 125 Å². The Balaban J connectivity index is 1.32. The summed E-state index contributed by atoms with van der Waals surface area (Å²) in [6.07, 6.45) is 3.88. The number of halogens is 2. The fraction of sp³-hybridized carbons (Fsp3) is 0.577. The Hall–Kier alpha value is -3.06. The van der Waals surface area contributed by atoms with Crippen molar-refractivity contribution in [2.24, 2.45) is 5.41 Å². The van der Waals surface area contributed by atoms with E-state index in [9.17, 15) is 31.9 Å². The largest absolute Gasteiger partial charge is 0.395 e. The number of hydrogen-bond acceptors (Lipinski definition) is 7. The average molecular weight is 564 g/mol. The summed E-state index contributed by atoms with van der Waals surface area (Å²) >= 11 is 0. The molecule has 3 heterocycles. The molecule has 39 heavy (non-hydrogen) atoms. The number of nitrogens with one attached hydrogen (secondary N) is 1. The number of amides is 1. The third-order valence-electron chi connectivity index (χ3n) is 8.58. The Morgan fingerprint density at radius 3 is 2.44 bits per heavy atom. The monoisotopic (exact) mass is 563 g/mol. The highest BCUT2D eigenvalue weighted by Gasteiger charge is 2.47.